The molecule has 4 nitrogen and oxygen atoms in total. The van der Waals surface area contributed by atoms with E-state index in [1.54, 1.807) is 0 Å². The molecule has 1 aliphatic carbocycles. The van der Waals surface area contributed by atoms with Gasteiger partial charge >= 0.3 is 0 Å². The van der Waals surface area contributed by atoms with Crippen LogP contribution in [0.25, 0.3) is 0 Å². The smallest absolute Gasteiger partial charge is 0.243 e. The zero-order valence-corrected chi connectivity index (χ0v) is 13.3. The largest absolute Gasteiger partial charge is 0.392 e. The van der Waals surface area contributed by atoms with E-state index in [-0.39, 0.29) is 17.5 Å². The molecule has 22 heavy (non-hydrogen) atoms. The summed E-state index contributed by atoms with van der Waals surface area (Å²) in [5, 5.41) is 9.62. The molecule has 1 N–H and O–H groups in total. The van der Waals surface area contributed by atoms with Crippen LogP contribution in [0.2, 0.25) is 0 Å². The van der Waals surface area contributed by atoms with Crippen molar-refractivity contribution >= 4 is 10.0 Å². The summed E-state index contributed by atoms with van der Waals surface area (Å²) in [6, 6.07) is 2.36. The highest BCUT2D eigenvalue weighted by molar-refractivity contribution is 7.89. The van der Waals surface area contributed by atoms with Crippen LogP contribution in [-0.2, 0) is 10.0 Å². The summed E-state index contributed by atoms with van der Waals surface area (Å²) in [6.45, 7) is 1.46. The van der Waals surface area contributed by atoms with Crippen LogP contribution < -0.4 is 0 Å². The van der Waals surface area contributed by atoms with Gasteiger partial charge in [0.2, 0.25) is 10.0 Å². The third-order valence-corrected chi connectivity index (χ3v) is 5.84. The van der Waals surface area contributed by atoms with Crippen molar-refractivity contribution in [3.05, 3.63) is 29.8 Å². The Morgan fingerprint density at radius 1 is 1.23 bits per heavy atom. The van der Waals surface area contributed by atoms with E-state index in [4.69, 9.17) is 0 Å². The van der Waals surface area contributed by atoms with Crippen molar-refractivity contribution in [2.24, 2.45) is 0 Å². The summed E-state index contributed by atoms with van der Waals surface area (Å²) < 4.78 is 53.2. The fraction of sp³-hybridized carbons (Fsp3) is 0.600. The van der Waals surface area contributed by atoms with Crippen molar-refractivity contribution in [3.8, 4) is 0 Å². The van der Waals surface area contributed by atoms with E-state index in [1.807, 2.05) is 0 Å². The predicted molar refractivity (Wildman–Crippen MR) is 78.8 cm³/mol. The van der Waals surface area contributed by atoms with Crippen LogP contribution in [0.1, 0.15) is 39.0 Å². The minimum absolute atomic E-state index is 0.0496. The Balaban J connectivity index is 2.36. The van der Waals surface area contributed by atoms with E-state index in [2.05, 4.69) is 0 Å². The van der Waals surface area contributed by atoms with Gasteiger partial charge in [-0.3, -0.25) is 0 Å². The first-order valence-corrected chi connectivity index (χ1v) is 8.91. The molecule has 0 saturated heterocycles. The van der Waals surface area contributed by atoms with E-state index in [0.717, 1.165) is 44.2 Å². The van der Waals surface area contributed by atoms with Gasteiger partial charge in [0.15, 0.2) is 11.6 Å². The fourth-order valence-electron chi connectivity index (χ4n) is 2.85. The number of hydrogen-bond donors (Lipinski definition) is 1. The second-order valence-corrected chi connectivity index (χ2v) is 7.68. The zero-order valence-electron chi connectivity index (χ0n) is 12.5. The van der Waals surface area contributed by atoms with Crippen molar-refractivity contribution in [1.29, 1.82) is 0 Å². The Kier molecular flexibility index (Phi) is 5.52. The molecule has 1 aromatic carbocycles. The lowest BCUT2D eigenvalue weighted by molar-refractivity contribution is 0.136. The number of rotatable bonds is 5. The maximum absolute atomic E-state index is 13.4. The normalized spacial score (nSPS) is 18.6. The summed E-state index contributed by atoms with van der Waals surface area (Å²) in [4.78, 5) is -0.280. The van der Waals surface area contributed by atoms with Crippen LogP contribution in [-0.4, -0.2) is 36.5 Å². The molecule has 1 saturated carbocycles. The molecule has 0 heterocycles. The highest BCUT2D eigenvalue weighted by Gasteiger charge is 2.33. The van der Waals surface area contributed by atoms with Gasteiger partial charge in [0.05, 0.1) is 11.0 Å². The quantitative estimate of drug-likeness (QED) is 0.901. The van der Waals surface area contributed by atoms with Crippen molar-refractivity contribution in [2.45, 2.75) is 56.1 Å². The Hall–Kier alpha value is -1.05. The van der Waals surface area contributed by atoms with Gasteiger partial charge in [0.25, 0.3) is 0 Å². The second kappa shape index (κ2) is 7.02. The van der Waals surface area contributed by atoms with Crippen molar-refractivity contribution in [2.75, 3.05) is 6.54 Å². The Morgan fingerprint density at radius 2 is 1.86 bits per heavy atom. The minimum Gasteiger partial charge on any atom is -0.392 e. The minimum atomic E-state index is -3.97. The molecule has 0 bridgehead atoms. The van der Waals surface area contributed by atoms with Gasteiger partial charge in [-0.25, -0.2) is 17.2 Å². The third kappa shape index (κ3) is 3.83. The van der Waals surface area contributed by atoms with E-state index in [9.17, 15) is 22.3 Å². The third-order valence-electron chi connectivity index (χ3n) is 3.92. The summed E-state index contributed by atoms with van der Waals surface area (Å²) >= 11 is 0. The Bertz CT molecular complexity index is 613. The molecule has 0 aliphatic heterocycles. The van der Waals surface area contributed by atoms with E-state index >= 15 is 0 Å². The van der Waals surface area contributed by atoms with E-state index < -0.39 is 27.8 Å². The molecule has 2 rings (SSSR count). The molecule has 0 radical (unpaired) electrons. The molecule has 1 fully saturated rings. The average molecular weight is 333 g/mol. The van der Waals surface area contributed by atoms with Crippen LogP contribution in [0.3, 0.4) is 0 Å². The topological polar surface area (TPSA) is 57.6 Å². The summed E-state index contributed by atoms with van der Waals surface area (Å²) in [6.07, 6.45) is 3.51. The molecule has 124 valence electrons. The number of aliphatic hydroxyl groups is 1. The molecule has 1 atom stereocenters. The number of aliphatic hydroxyl groups excluding tert-OH is 1. The van der Waals surface area contributed by atoms with Crippen LogP contribution in [0.5, 0.6) is 0 Å². The number of hydrogen-bond acceptors (Lipinski definition) is 3. The molecular formula is C15H21F2NO3S. The van der Waals surface area contributed by atoms with E-state index in [0.29, 0.717) is 6.07 Å². The molecule has 1 aliphatic rings. The van der Waals surface area contributed by atoms with Gasteiger partial charge in [-0.1, -0.05) is 19.3 Å². The number of halogens is 2. The summed E-state index contributed by atoms with van der Waals surface area (Å²) in [5.41, 5.74) is 0. The van der Waals surface area contributed by atoms with Crippen LogP contribution in [0.4, 0.5) is 8.78 Å². The lowest BCUT2D eigenvalue weighted by Gasteiger charge is -2.34. The molecule has 1 unspecified atom stereocenters. The van der Waals surface area contributed by atoms with Gasteiger partial charge in [0.1, 0.15) is 0 Å². The van der Waals surface area contributed by atoms with Crippen LogP contribution in [0.15, 0.2) is 23.1 Å². The summed E-state index contributed by atoms with van der Waals surface area (Å²) in [7, 11) is -3.97. The second-order valence-electron chi connectivity index (χ2n) is 5.79. The Labute approximate surface area is 129 Å². The van der Waals surface area contributed by atoms with Gasteiger partial charge in [0, 0.05) is 12.6 Å². The Morgan fingerprint density at radius 3 is 2.41 bits per heavy atom. The van der Waals surface area contributed by atoms with Crippen LogP contribution >= 0.6 is 0 Å². The highest BCUT2D eigenvalue weighted by atomic mass is 32.2. The first kappa shape index (κ1) is 17.3. The first-order valence-electron chi connectivity index (χ1n) is 7.47. The highest BCUT2D eigenvalue weighted by Crippen LogP contribution is 2.28. The molecule has 7 heteroatoms. The van der Waals surface area contributed by atoms with Crippen molar-refractivity contribution in [1.82, 2.24) is 4.31 Å². The zero-order chi connectivity index (χ0) is 16.3. The van der Waals surface area contributed by atoms with Crippen molar-refractivity contribution < 1.29 is 22.3 Å². The van der Waals surface area contributed by atoms with Crippen molar-refractivity contribution in [3.63, 3.8) is 0 Å². The number of sulfonamides is 1. The number of nitrogens with zero attached hydrogens (tertiary/aromatic N) is 1. The molecular weight excluding hydrogens is 312 g/mol. The number of benzene rings is 1. The molecule has 0 aromatic heterocycles. The molecule has 0 amide bonds. The van der Waals surface area contributed by atoms with E-state index in [1.165, 1.54) is 11.2 Å². The van der Waals surface area contributed by atoms with Gasteiger partial charge in [-0.2, -0.15) is 4.31 Å². The summed E-state index contributed by atoms with van der Waals surface area (Å²) in [5.74, 6) is -2.28. The molecule has 0 spiro atoms. The molecule has 1 aromatic rings. The fourth-order valence-corrected chi connectivity index (χ4v) is 4.62. The SMILES string of the molecule is CC(O)CN(C1CCCCC1)S(=O)(=O)c1ccc(F)c(F)c1. The lowest BCUT2D eigenvalue weighted by Crippen LogP contribution is -2.44. The first-order chi connectivity index (χ1) is 10.3. The standard InChI is InChI=1S/C15H21F2NO3S/c1-11(19)10-18(12-5-3-2-4-6-12)22(20,21)13-7-8-14(16)15(17)9-13/h7-9,11-12,19H,2-6,10H2,1H3. The van der Waals surface area contributed by atoms with Gasteiger partial charge in [-0.05, 0) is 38.0 Å². The monoisotopic (exact) mass is 333 g/mol. The van der Waals surface area contributed by atoms with Crippen LogP contribution in [0, 0.1) is 11.6 Å². The average Bonchev–Trinajstić information content (AvgIpc) is 2.48. The van der Waals surface area contributed by atoms with Gasteiger partial charge in [-0.15, -0.1) is 0 Å². The maximum Gasteiger partial charge on any atom is 0.243 e. The lowest BCUT2D eigenvalue weighted by atomic mass is 9.95. The van der Waals surface area contributed by atoms with Gasteiger partial charge < -0.3 is 5.11 Å². The predicted octanol–water partition coefficient (Wildman–Crippen LogP) is 2.67. The maximum atomic E-state index is 13.4.